The van der Waals surface area contributed by atoms with Crippen LogP contribution < -0.4 is 0 Å². The summed E-state index contributed by atoms with van der Waals surface area (Å²) in [5.41, 5.74) is 0.0966. The van der Waals surface area contributed by atoms with Crippen LogP contribution in [0.4, 0.5) is 0 Å². The summed E-state index contributed by atoms with van der Waals surface area (Å²) in [6.07, 6.45) is -0.122. The second-order valence-corrected chi connectivity index (χ2v) is 2.16. The van der Waals surface area contributed by atoms with Crippen LogP contribution in [0.3, 0.4) is 0 Å². The normalized spacial score (nSPS) is 8.00. The molecule has 0 aromatic heterocycles. The first-order chi connectivity index (χ1) is 6.53. The Morgan fingerprint density at radius 2 is 1.71 bits per heavy atom. The van der Waals surface area contributed by atoms with Gasteiger partial charge >= 0.3 is 11.9 Å². The Kier molecular flexibility index (Phi) is 10.5. The van der Waals surface area contributed by atoms with Gasteiger partial charge in [0, 0.05) is 12.2 Å². The molecule has 82 valence electrons. The van der Waals surface area contributed by atoms with Crippen LogP contribution in [0.2, 0.25) is 0 Å². The highest BCUT2D eigenvalue weighted by Crippen LogP contribution is 2.00. The summed E-state index contributed by atoms with van der Waals surface area (Å²) in [5.74, 6) is -1.09. The highest BCUT2D eigenvalue weighted by molar-refractivity contribution is 5.93. The van der Waals surface area contributed by atoms with Crippen LogP contribution in [0.15, 0.2) is 12.2 Å². The van der Waals surface area contributed by atoms with Crippen LogP contribution >= 0.6 is 0 Å². The molecule has 0 heterocycles. The molecule has 0 radical (unpaired) electrons. The molecule has 0 aliphatic rings. The number of rotatable bonds is 3. The summed E-state index contributed by atoms with van der Waals surface area (Å²) in [5, 5.41) is 7.57. The van der Waals surface area contributed by atoms with Crippen molar-refractivity contribution in [2.75, 3.05) is 20.8 Å². The minimum absolute atomic E-state index is 0.0966. The number of aliphatic hydroxyl groups excluding tert-OH is 1. The van der Waals surface area contributed by atoms with Crippen molar-refractivity contribution in [3.8, 4) is 0 Å². The van der Waals surface area contributed by atoms with Gasteiger partial charge in [0.15, 0.2) is 0 Å². The van der Waals surface area contributed by atoms with Crippen molar-refractivity contribution in [3.63, 3.8) is 0 Å². The van der Waals surface area contributed by atoms with Gasteiger partial charge in [0.1, 0.15) is 0 Å². The Balaban J connectivity index is 0. The summed E-state index contributed by atoms with van der Waals surface area (Å²) < 4.78 is 8.62. The third-order valence-electron chi connectivity index (χ3n) is 1.06. The standard InChI is InChI=1S/C7H10O4.C2H6O/c1-5(7(9)11-3)4-6(8)10-2;1-2-3/h1,4H2,2-3H3;3H,2H2,1H3. The van der Waals surface area contributed by atoms with Crippen molar-refractivity contribution in [2.45, 2.75) is 13.3 Å². The summed E-state index contributed by atoms with van der Waals surface area (Å²) >= 11 is 0. The van der Waals surface area contributed by atoms with Crippen molar-refractivity contribution < 1.29 is 24.2 Å². The van der Waals surface area contributed by atoms with E-state index in [2.05, 4.69) is 16.1 Å². The van der Waals surface area contributed by atoms with Gasteiger partial charge in [-0.3, -0.25) is 4.79 Å². The monoisotopic (exact) mass is 204 g/mol. The second kappa shape index (κ2) is 9.73. The van der Waals surface area contributed by atoms with E-state index in [0.29, 0.717) is 0 Å². The molecule has 0 amide bonds. The molecule has 0 aliphatic heterocycles. The van der Waals surface area contributed by atoms with Gasteiger partial charge in [-0.05, 0) is 6.92 Å². The highest BCUT2D eigenvalue weighted by Gasteiger charge is 2.11. The Morgan fingerprint density at radius 1 is 1.29 bits per heavy atom. The van der Waals surface area contributed by atoms with Gasteiger partial charge in [0.25, 0.3) is 0 Å². The maximum atomic E-state index is 10.6. The first kappa shape index (κ1) is 15.1. The van der Waals surface area contributed by atoms with E-state index >= 15 is 0 Å². The summed E-state index contributed by atoms with van der Waals surface area (Å²) in [6.45, 7) is 5.27. The van der Waals surface area contributed by atoms with E-state index in [9.17, 15) is 9.59 Å². The van der Waals surface area contributed by atoms with Crippen LogP contribution in [-0.2, 0) is 19.1 Å². The average Bonchev–Trinajstić information content (AvgIpc) is 2.17. The van der Waals surface area contributed by atoms with Gasteiger partial charge in [0.05, 0.1) is 20.6 Å². The van der Waals surface area contributed by atoms with Crippen LogP contribution in [-0.4, -0.2) is 37.9 Å². The third kappa shape index (κ3) is 8.73. The van der Waals surface area contributed by atoms with Crippen molar-refractivity contribution in [3.05, 3.63) is 12.2 Å². The summed E-state index contributed by atoms with van der Waals surface area (Å²) in [4.78, 5) is 21.2. The smallest absolute Gasteiger partial charge is 0.333 e. The maximum Gasteiger partial charge on any atom is 0.333 e. The molecule has 0 atom stereocenters. The van der Waals surface area contributed by atoms with Crippen LogP contribution in [0.5, 0.6) is 0 Å². The minimum atomic E-state index is -0.588. The van der Waals surface area contributed by atoms with Gasteiger partial charge in [-0.1, -0.05) is 6.58 Å². The molecule has 5 heteroatoms. The molecule has 0 rings (SSSR count). The van der Waals surface area contributed by atoms with E-state index in [1.165, 1.54) is 14.2 Å². The predicted molar refractivity (Wildman–Crippen MR) is 50.5 cm³/mol. The second-order valence-electron chi connectivity index (χ2n) is 2.16. The molecule has 1 N–H and O–H groups in total. The number of aliphatic hydroxyl groups is 1. The lowest BCUT2D eigenvalue weighted by Gasteiger charge is -2.00. The molecule has 0 aromatic carbocycles. The summed E-state index contributed by atoms with van der Waals surface area (Å²) in [6, 6.07) is 0. The molecule has 0 aliphatic carbocycles. The molecule has 0 bridgehead atoms. The fraction of sp³-hybridized carbons (Fsp3) is 0.556. The Labute approximate surface area is 83.3 Å². The van der Waals surface area contributed by atoms with Crippen LogP contribution in [0.1, 0.15) is 13.3 Å². The zero-order valence-electron chi connectivity index (χ0n) is 8.70. The summed E-state index contributed by atoms with van der Waals surface area (Å²) in [7, 11) is 2.47. The SMILES string of the molecule is C=C(CC(=O)OC)C(=O)OC.CCO. The highest BCUT2D eigenvalue weighted by atomic mass is 16.5. The Bertz CT molecular complexity index is 197. The molecular weight excluding hydrogens is 188 g/mol. The first-order valence-corrected chi connectivity index (χ1v) is 3.97. The zero-order valence-corrected chi connectivity index (χ0v) is 8.70. The number of hydrogen-bond donors (Lipinski definition) is 1. The quantitative estimate of drug-likeness (QED) is 0.528. The molecule has 14 heavy (non-hydrogen) atoms. The molecule has 0 saturated heterocycles. The van der Waals surface area contributed by atoms with Gasteiger partial charge in [0.2, 0.25) is 0 Å². The molecule has 0 spiro atoms. The van der Waals surface area contributed by atoms with E-state index < -0.39 is 11.9 Å². The van der Waals surface area contributed by atoms with Crippen LogP contribution in [0, 0.1) is 0 Å². The largest absolute Gasteiger partial charge is 0.469 e. The van der Waals surface area contributed by atoms with E-state index in [4.69, 9.17) is 5.11 Å². The molecule has 0 unspecified atom stereocenters. The fourth-order valence-electron chi connectivity index (χ4n) is 0.463. The van der Waals surface area contributed by atoms with Crippen LogP contribution in [0.25, 0.3) is 0 Å². The Morgan fingerprint density at radius 3 is 2.00 bits per heavy atom. The molecule has 0 aromatic rings. The van der Waals surface area contributed by atoms with Crippen molar-refractivity contribution in [1.82, 2.24) is 0 Å². The van der Waals surface area contributed by atoms with E-state index in [-0.39, 0.29) is 18.6 Å². The lowest BCUT2D eigenvalue weighted by atomic mass is 10.2. The van der Waals surface area contributed by atoms with E-state index in [0.717, 1.165) is 0 Å². The number of esters is 2. The lowest BCUT2D eigenvalue weighted by Crippen LogP contribution is -2.09. The van der Waals surface area contributed by atoms with Crippen molar-refractivity contribution in [2.24, 2.45) is 0 Å². The Hall–Kier alpha value is -1.36. The van der Waals surface area contributed by atoms with Gasteiger partial charge < -0.3 is 14.6 Å². The van der Waals surface area contributed by atoms with E-state index in [1.54, 1.807) is 6.92 Å². The number of carbonyl (C=O) groups excluding carboxylic acids is 2. The van der Waals surface area contributed by atoms with Crippen molar-refractivity contribution in [1.29, 1.82) is 0 Å². The number of ether oxygens (including phenoxy) is 2. The number of hydrogen-bond acceptors (Lipinski definition) is 5. The topological polar surface area (TPSA) is 72.8 Å². The van der Waals surface area contributed by atoms with E-state index in [1.807, 2.05) is 0 Å². The minimum Gasteiger partial charge on any atom is -0.469 e. The number of carbonyl (C=O) groups is 2. The lowest BCUT2D eigenvalue weighted by molar-refractivity contribution is -0.143. The molecular formula is C9H16O5. The average molecular weight is 204 g/mol. The maximum absolute atomic E-state index is 10.6. The van der Waals surface area contributed by atoms with Crippen molar-refractivity contribution >= 4 is 11.9 Å². The van der Waals surface area contributed by atoms with Gasteiger partial charge in [-0.15, -0.1) is 0 Å². The number of methoxy groups -OCH3 is 2. The predicted octanol–water partition coefficient (Wildman–Crippen LogP) is 0.277. The third-order valence-corrected chi connectivity index (χ3v) is 1.06. The van der Waals surface area contributed by atoms with Gasteiger partial charge in [-0.2, -0.15) is 0 Å². The first-order valence-electron chi connectivity index (χ1n) is 3.97. The van der Waals surface area contributed by atoms with Gasteiger partial charge in [-0.25, -0.2) is 4.79 Å². The molecule has 0 fully saturated rings. The molecule has 5 nitrogen and oxygen atoms in total. The zero-order chi connectivity index (χ0) is 11.6. The molecule has 0 saturated carbocycles. The fourth-order valence-corrected chi connectivity index (χ4v) is 0.463.